The summed E-state index contributed by atoms with van der Waals surface area (Å²) in [5.41, 5.74) is 1.11. The molecule has 1 aromatic heterocycles. The number of carbonyl (C=O) groups excluding carboxylic acids is 4. The third-order valence-electron chi connectivity index (χ3n) is 4.14. The van der Waals surface area contributed by atoms with Crippen molar-refractivity contribution >= 4 is 35.1 Å². The Labute approximate surface area is 143 Å². The van der Waals surface area contributed by atoms with Crippen LogP contribution in [-0.4, -0.2) is 58.1 Å². The average Bonchev–Trinajstić information content (AvgIpc) is 3.08. The first-order valence-corrected chi connectivity index (χ1v) is 8.76. The average molecular weight is 349 g/mol. The van der Waals surface area contributed by atoms with Crippen LogP contribution in [-0.2, 0) is 27.3 Å². The van der Waals surface area contributed by atoms with Crippen LogP contribution in [0, 0.1) is 5.92 Å². The second-order valence-corrected chi connectivity index (χ2v) is 7.42. The fourth-order valence-corrected chi connectivity index (χ4v) is 3.80. The number of nitrogens with zero attached hydrogens (tertiary/aromatic N) is 3. The summed E-state index contributed by atoms with van der Waals surface area (Å²) >= 11 is 1.67. The van der Waals surface area contributed by atoms with Gasteiger partial charge in [-0.1, -0.05) is 13.8 Å². The molecule has 0 unspecified atom stereocenters. The molecule has 1 fully saturated rings. The molecule has 2 aliphatic rings. The van der Waals surface area contributed by atoms with Gasteiger partial charge in [0.2, 0.25) is 5.91 Å². The Morgan fingerprint density at radius 1 is 1.21 bits per heavy atom. The lowest BCUT2D eigenvalue weighted by Gasteiger charge is -2.28. The lowest BCUT2D eigenvalue weighted by atomic mass is 10.1. The van der Waals surface area contributed by atoms with E-state index in [-0.39, 0.29) is 24.9 Å². The number of hydrogen-bond donors (Lipinski definition) is 0. The van der Waals surface area contributed by atoms with Crippen molar-refractivity contribution in [3.8, 4) is 0 Å². The van der Waals surface area contributed by atoms with Crippen LogP contribution in [0.2, 0.25) is 0 Å². The van der Waals surface area contributed by atoms with E-state index in [0.717, 1.165) is 21.8 Å². The summed E-state index contributed by atoms with van der Waals surface area (Å²) in [6.45, 7) is 4.55. The topological polar surface area (TPSA) is 78.0 Å². The van der Waals surface area contributed by atoms with E-state index in [4.69, 9.17) is 0 Å². The van der Waals surface area contributed by atoms with Gasteiger partial charge in [-0.2, -0.15) is 0 Å². The smallest absolute Gasteiger partial charge is 0.334 e. The highest BCUT2D eigenvalue weighted by Crippen LogP contribution is 2.24. The number of urea groups is 1. The molecule has 1 saturated heterocycles. The molecule has 3 heterocycles. The highest BCUT2D eigenvalue weighted by molar-refractivity contribution is 7.10. The van der Waals surface area contributed by atoms with Crippen molar-refractivity contribution in [1.29, 1.82) is 0 Å². The molecule has 0 aliphatic carbocycles. The number of rotatable bonds is 4. The molecule has 0 aromatic carbocycles. The van der Waals surface area contributed by atoms with E-state index >= 15 is 0 Å². The molecule has 5 amide bonds. The van der Waals surface area contributed by atoms with Gasteiger partial charge in [0.05, 0.1) is 0 Å². The van der Waals surface area contributed by atoms with E-state index in [0.29, 0.717) is 13.1 Å². The van der Waals surface area contributed by atoms with Gasteiger partial charge in [-0.15, -0.1) is 11.3 Å². The molecular weight excluding hydrogens is 330 g/mol. The second-order valence-electron chi connectivity index (χ2n) is 6.42. The summed E-state index contributed by atoms with van der Waals surface area (Å²) in [5.74, 6) is -2.02. The zero-order chi connectivity index (χ0) is 17.4. The maximum Gasteiger partial charge on any atom is 0.334 e. The first kappa shape index (κ1) is 16.6. The van der Waals surface area contributed by atoms with Crippen molar-refractivity contribution in [2.75, 3.05) is 19.6 Å². The van der Waals surface area contributed by atoms with Crippen LogP contribution in [0.4, 0.5) is 4.79 Å². The van der Waals surface area contributed by atoms with Crippen molar-refractivity contribution < 1.29 is 19.2 Å². The van der Waals surface area contributed by atoms with Crippen LogP contribution >= 0.6 is 11.3 Å². The number of hydrogen-bond acceptors (Lipinski definition) is 5. The lowest BCUT2D eigenvalue weighted by molar-refractivity contribution is -0.145. The molecule has 3 rings (SSSR count). The predicted octanol–water partition coefficient (Wildman–Crippen LogP) is 1.08. The first-order valence-electron chi connectivity index (χ1n) is 7.88. The van der Waals surface area contributed by atoms with Crippen molar-refractivity contribution in [1.82, 2.24) is 14.7 Å². The van der Waals surface area contributed by atoms with Gasteiger partial charge in [0.15, 0.2) is 0 Å². The normalized spacial score (nSPS) is 18.0. The van der Waals surface area contributed by atoms with Crippen LogP contribution in [0.15, 0.2) is 11.4 Å². The number of thiophene rings is 1. The maximum atomic E-state index is 12.5. The van der Waals surface area contributed by atoms with E-state index in [2.05, 4.69) is 0 Å². The minimum absolute atomic E-state index is 0.0560. The fraction of sp³-hybridized carbons (Fsp3) is 0.500. The molecule has 0 saturated carbocycles. The second kappa shape index (κ2) is 6.35. The summed E-state index contributed by atoms with van der Waals surface area (Å²) in [4.78, 5) is 53.3. The summed E-state index contributed by atoms with van der Waals surface area (Å²) in [6.07, 6.45) is 0.777. The maximum absolute atomic E-state index is 12.5. The van der Waals surface area contributed by atoms with Crippen molar-refractivity contribution in [2.45, 2.75) is 26.8 Å². The van der Waals surface area contributed by atoms with Gasteiger partial charge in [0.1, 0.15) is 6.54 Å². The van der Waals surface area contributed by atoms with Gasteiger partial charge in [-0.05, 0) is 29.3 Å². The van der Waals surface area contributed by atoms with Gasteiger partial charge in [-0.25, -0.2) is 9.69 Å². The summed E-state index contributed by atoms with van der Waals surface area (Å²) in [5, 5.41) is 1.99. The number of amides is 5. The number of imide groups is 2. The van der Waals surface area contributed by atoms with E-state index < -0.39 is 17.8 Å². The Morgan fingerprint density at radius 2 is 1.92 bits per heavy atom. The van der Waals surface area contributed by atoms with Crippen molar-refractivity contribution in [2.24, 2.45) is 5.92 Å². The first-order chi connectivity index (χ1) is 11.4. The zero-order valence-corrected chi connectivity index (χ0v) is 14.5. The molecule has 0 radical (unpaired) electrons. The molecule has 0 N–H and O–H groups in total. The SMILES string of the molecule is CC(C)CN1C(=O)C(=O)N(CC(=O)N2CCc3sccc3C2)C1=O. The monoisotopic (exact) mass is 349 g/mol. The van der Waals surface area contributed by atoms with Crippen LogP contribution in [0.1, 0.15) is 24.3 Å². The number of fused-ring (bicyclic) bond motifs is 1. The largest absolute Gasteiger partial charge is 0.336 e. The summed E-state index contributed by atoms with van der Waals surface area (Å²) in [6, 6.07) is 1.29. The van der Waals surface area contributed by atoms with E-state index in [1.54, 1.807) is 16.2 Å². The molecule has 128 valence electrons. The molecule has 24 heavy (non-hydrogen) atoms. The van der Waals surface area contributed by atoms with Crippen molar-refractivity contribution in [3.63, 3.8) is 0 Å². The van der Waals surface area contributed by atoms with E-state index in [1.165, 1.54) is 4.88 Å². The van der Waals surface area contributed by atoms with E-state index in [9.17, 15) is 19.2 Å². The fourth-order valence-electron chi connectivity index (χ4n) is 2.91. The Bertz CT molecular complexity index is 712. The Morgan fingerprint density at radius 3 is 2.62 bits per heavy atom. The lowest BCUT2D eigenvalue weighted by Crippen LogP contribution is -2.45. The summed E-state index contributed by atoms with van der Waals surface area (Å²) in [7, 11) is 0. The third-order valence-corrected chi connectivity index (χ3v) is 5.16. The van der Waals surface area contributed by atoms with Gasteiger partial charge >= 0.3 is 17.8 Å². The standard InChI is InChI=1S/C16H19N3O4S/c1-10(2)7-18-14(21)15(22)19(16(18)23)9-13(20)17-5-3-12-11(8-17)4-6-24-12/h4,6,10H,3,5,7-9H2,1-2H3. The molecular formula is C16H19N3O4S. The minimum atomic E-state index is -0.915. The molecule has 1 aromatic rings. The Balaban J connectivity index is 1.67. The molecule has 0 spiro atoms. The van der Waals surface area contributed by atoms with E-state index in [1.807, 2.05) is 25.3 Å². The quantitative estimate of drug-likeness (QED) is 0.602. The highest BCUT2D eigenvalue weighted by Gasteiger charge is 2.45. The molecule has 2 aliphatic heterocycles. The zero-order valence-electron chi connectivity index (χ0n) is 13.7. The van der Waals surface area contributed by atoms with Crippen molar-refractivity contribution in [3.05, 3.63) is 21.9 Å². The van der Waals surface area contributed by atoms with Gasteiger partial charge in [-0.3, -0.25) is 19.3 Å². The van der Waals surface area contributed by atoms with Gasteiger partial charge < -0.3 is 4.90 Å². The molecule has 8 heteroatoms. The molecule has 0 bridgehead atoms. The molecule has 7 nitrogen and oxygen atoms in total. The minimum Gasteiger partial charge on any atom is -0.336 e. The number of carbonyl (C=O) groups is 4. The predicted molar refractivity (Wildman–Crippen MR) is 87.1 cm³/mol. The Hall–Kier alpha value is -2.22. The third kappa shape index (κ3) is 2.93. The van der Waals surface area contributed by atoms with Crippen LogP contribution < -0.4 is 0 Å². The van der Waals surface area contributed by atoms with Crippen LogP contribution in [0.5, 0.6) is 0 Å². The van der Waals surface area contributed by atoms with Gasteiger partial charge in [0.25, 0.3) is 0 Å². The van der Waals surface area contributed by atoms with Crippen LogP contribution in [0.3, 0.4) is 0 Å². The Kier molecular flexibility index (Phi) is 4.40. The van der Waals surface area contributed by atoms with Gasteiger partial charge in [0, 0.05) is 24.5 Å². The highest BCUT2D eigenvalue weighted by atomic mass is 32.1. The summed E-state index contributed by atoms with van der Waals surface area (Å²) < 4.78 is 0. The van der Waals surface area contributed by atoms with Crippen LogP contribution in [0.25, 0.3) is 0 Å². The molecule has 0 atom stereocenters.